The van der Waals surface area contributed by atoms with Crippen LogP contribution in [-0.2, 0) is 23.1 Å². The average Bonchev–Trinajstić information content (AvgIpc) is 2.92. The molecule has 1 aliphatic heterocycles. The third-order valence-electron chi connectivity index (χ3n) is 6.63. The van der Waals surface area contributed by atoms with Gasteiger partial charge in [-0.25, -0.2) is 9.59 Å². The second kappa shape index (κ2) is 10.6. The van der Waals surface area contributed by atoms with Gasteiger partial charge in [-0.3, -0.25) is 4.90 Å². The molecular weight excluding hydrogens is 485 g/mol. The molecule has 9 heteroatoms. The van der Waals surface area contributed by atoms with Gasteiger partial charge in [-0.2, -0.15) is 13.2 Å². The van der Waals surface area contributed by atoms with Crippen molar-refractivity contribution in [1.29, 1.82) is 0 Å². The summed E-state index contributed by atoms with van der Waals surface area (Å²) in [6, 6.07) is 19.8. The van der Waals surface area contributed by atoms with Gasteiger partial charge in [0.2, 0.25) is 0 Å². The number of hydrogen-bond acceptors (Lipinski definition) is 4. The molecule has 1 N–H and O–H groups in total. The van der Waals surface area contributed by atoms with E-state index in [1.807, 2.05) is 30.3 Å². The zero-order chi connectivity index (χ0) is 26.6. The Morgan fingerprint density at radius 3 is 2.08 bits per heavy atom. The van der Waals surface area contributed by atoms with E-state index >= 15 is 0 Å². The smallest absolute Gasteiger partial charge is 0.416 e. The summed E-state index contributed by atoms with van der Waals surface area (Å²) < 4.78 is 44.0. The maximum Gasteiger partial charge on any atom is 0.416 e. The number of piperidine rings is 1. The fourth-order valence-electron chi connectivity index (χ4n) is 4.42. The molecule has 0 aliphatic carbocycles. The number of aliphatic hydroxyl groups is 1. The van der Waals surface area contributed by atoms with Crippen LogP contribution < -0.4 is 4.90 Å². The van der Waals surface area contributed by atoms with E-state index in [9.17, 15) is 27.9 Å². The Balaban J connectivity index is 1.57. The van der Waals surface area contributed by atoms with E-state index < -0.39 is 23.3 Å². The largest absolute Gasteiger partial charge is 0.465 e. The molecule has 1 heterocycles. The minimum atomic E-state index is -4.49. The molecule has 1 saturated heterocycles. The molecule has 1 fully saturated rings. The van der Waals surface area contributed by atoms with Gasteiger partial charge in [0.25, 0.3) is 0 Å². The molecule has 0 aromatic heterocycles. The molecule has 2 amide bonds. The molecule has 4 rings (SSSR count). The lowest BCUT2D eigenvalue weighted by Crippen LogP contribution is -2.50. The van der Waals surface area contributed by atoms with Gasteiger partial charge < -0.3 is 14.7 Å². The molecule has 0 unspecified atom stereocenters. The highest BCUT2D eigenvalue weighted by molar-refractivity contribution is 5.92. The Labute approximate surface area is 212 Å². The zero-order valence-electron chi connectivity index (χ0n) is 20.2. The van der Waals surface area contributed by atoms with E-state index in [0.717, 1.165) is 17.7 Å². The number of alkyl halides is 3. The molecular formula is C28H27F3N2O4. The van der Waals surface area contributed by atoms with Crippen LogP contribution >= 0.6 is 0 Å². The molecule has 0 radical (unpaired) electrons. The van der Waals surface area contributed by atoms with Crippen molar-refractivity contribution in [2.45, 2.75) is 31.2 Å². The molecule has 6 nitrogen and oxygen atoms in total. The third kappa shape index (κ3) is 5.94. The Kier molecular flexibility index (Phi) is 7.54. The summed E-state index contributed by atoms with van der Waals surface area (Å²) in [5.41, 5.74) is 0.248. The summed E-state index contributed by atoms with van der Waals surface area (Å²) in [5, 5.41) is 11.1. The van der Waals surface area contributed by atoms with Crippen LogP contribution in [0.25, 0.3) is 0 Å². The molecule has 3 aromatic rings. The van der Waals surface area contributed by atoms with Crippen LogP contribution in [0.4, 0.5) is 23.7 Å². The highest BCUT2D eigenvalue weighted by Gasteiger charge is 2.37. The maximum absolute atomic E-state index is 13.6. The SMILES string of the molecule is COC(=O)c1ccc(CN(C(=O)N2CCC(O)(c3ccccc3)CC2)c2ccc(C(F)(F)F)cc2)cc1. The van der Waals surface area contributed by atoms with E-state index in [-0.39, 0.29) is 25.7 Å². The first-order chi connectivity index (χ1) is 17.6. The van der Waals surface area contributed by atoms with E-state index in [1.165, 1.54) is 24.1 Å². The van der Waals surface area contributed by atoms with Gasteiger partial charge in [-0.15, -0.1) is 0 Å². The van der Waals surface area contributed by atoms with Gasteiger partial charge in [0, 0.05) is 18.8 Å². The Bertz CT molecular complexity index is 1220. The van der Waals surface area contributed by atoms with Crippen molar-refractivity contribution < 1.29 is 32.6 Å². The lowest BCUT2D eigenvalue weighted by atomic mass is 9.84. The van der Waals surface area contributed by atoms with Gasteiger partial charge >= 0.3 is 18.2 Å². The number of nitrogens with zero attached hydrogens (tertiary/aromatic N) is 2. The van der Waals surface area contributed by atoms with Crippen molar-refractivity contribution in [3.05, 3.63) is 101 Å². The van der Waals surface area contributed by atoms with Gasteiger partial charge in [0.1, 0.15) is 0 Å². The summed E-state index contributed by atoms with van der Waals surface area (Å²) in [6.07, 6.45) is -3.83. The molecule has 194 valence electrons. The number of carbonyl (C=O) groups is 2. The topological polar surface area (TPSA) is 70.1 Å². The fraction of sp³-hybridized carbons (Fsp3) is 0.286. The van der Waals surface area contributed by atoms with E-state index in [1.54, 1.807) is 29.2 Å². The zero-order valence-corrected chi connectivity index (χ0v) is 20.2. The second-order valence-corrected chi connectivity index (χ2v) is 8.99. The summed E-state index contributed by atoms with van der Waals surface area (Å²) in [6.45, 7) is 0.635. The number of anilines is 1. The monoisotopic (exact) mass is 512 g/mol. The van der Waals surface area contributed by atoms with Gasteiger partial charge in [-0.05, 0) is 60.4 Å². The first-order valence-corrected chi connectivity index (χ1v) is 11.8. The van der Waals surface area contributed by atoms with Crippen molar-refractivity contribution in [2.24, 2.45) is 0 Å². The van der Waals surface area contributed by atoms with Crippen molar-refractivity contribution >= 4 is 17.7 Å². The molecule has 0 spiro atoms. The summed E-state index contributed by atoms with van der Waals surface area (Å²) in [7, 11) is 1.28. The highest BCUT2D eigenvalue weighted by atomic mass is 19.4. The van der Waals surface area contributed by atoms with E-state index in [2.05, 4.69) is 0 Å². The van der Waals surface area contributed by atoms with Crippen LogP contribution in [0.1, 0.15) is 39.9 Å². The number of urea groups is 1. The Hall–Kier alpha value is -3.85. The Morgan fingerprint density at radius 1 is 0.946 bits per heavy atom. The van der Waals surface area contributed by atoms with Crippen molar-refractivity contribution in [3.8, 4) is 0 Å². The number of carbonyl (C=O) groups excluding carboxylic acids is 2. The Morgan fingerprint density at radius 2 is 1.54 bits per heavy atom. The lowest BCUT2D eigenvalue weighted by molar-refractivity contribution is -0.137. The number of methoxy groups -OCH3 is 1. The van der Waals surface area contributed by atoms with Crippen LogP contribution in [-0.4, -0.2) is 42.2 Å². The molecule has 0 atom stereocenters. The lowest BCUT2D eigenvalue weighted by Gasteiger charge is -2.40. The number of benzene rings is 3. The third-order valence-corrected chi connectivity index (χ3v) is 6.63. The summed E-state index contributed by atoms with van der Waals surface area (Å²) >= 11 is 0. The van der Waals surface area contributed by atoms with Crippen LogP contribution in [0.2, 0.25) is 0 Å². The van der Waals surface area contributed by atoms with E-state index in [0.29, 0.717) is 29.7 Å². The number of ether oxygens (including phenoxy) is 1. The number of esters is 1. The molecule has 3 aromatic carbocycles. The highest BCUT2D eigenvalue weighted by Crippen LogP contribution is 2.34. The van der Waals surface area contributed by atoms with Crippen molar-refractivity contribution in [3.63, 3.8) is 0 Å². The minimum Gasteiger partial charge on any atom is -0.465 e. The average molecular weight is 513 g/mol. The van der Waals surface area contributed by atoms with Crippen LogP contribution in [0, 0.1) is 0 Å². The normalized spacial score (nSPS) is 15.2. The number of rotatable bonds is 5. The number of hydrogen-bond donors (Lipinski definition) is 1. The summed E-state index contributed by atoms with van der Waals surface area (Å²) in [5.74, 6) is -0.499. The van der Waals surface area contributed by atoms with Crippen LogP contribution in [0.5, 0.6) is 0 Å². The molecule has 1 aliphatic rings. The summed E-state index contributed by atoms with van der Waals surface area (Å²) in [4.78, 5) is 28.4. The predicted molar refractivity (Wildman–Crippen MR) is 132 cm³/mol. The van der Waals surface area contributed by atoms with E-state index in [4.69, 9.17) is 4.74 Å². The molecule has 0 bridgehead atoms. The van der Waals surface area contributed by atoms with Crippen LogP contribution in [0.3, 0.4) is 0 Å². The second-order valence-electron chi connectivity index (χ2n) is 8.99. The first kappa shape index (κ1) is 26.2. The maximum atomic E-state index is 13.6. The minimum absolute atomic E-state index is 0.0745. The molecule has 0 saturated carbocycles. The predicted octanol–water partition coefficient (Wildman–Crippen LogP) is 5.60. The first-order valence-electron chi connectivity index (χ1n) is 11.8. The molecule has 37 heavy (non-hydrogen) atoms. The standard InChI is InChI=1S/C28H27F3N2O4/c1-37-25(34)21-9-7-20(8-10-21)19-33(24-13-11-23(12-14-24)28(29,30)31)26(35)32-17-15-27(36,16-18-32)22-5-3-2-4-6-22/h2-14,36H,15-19H2,1H3. The van der Waals surface area contributed by atoms with Crippen molar-refractivity contribution in [2.75, 3.05) is 25.1 Å². The number of amides is 2. The quantitative estimate of drug-likeness (QED) is 0.452. The van der Waals surface area contributed by atoms with Gasteiger partial charge in [0.15, 0.2) is 0 Å². The fourth-order valence-corrected chi connectivity index (χ4v) is 4.42. The van der Waals surface area contributed by atoms with Gasteiger partial charge in [-0.1, -0.05) is 42.5 Å². The van der Waals surface area contributed by atoms with Crippen LogP contribution in [0.15, 0.2) is 78.9 Å². The van der Waals surface area contributed by atoms with Gasteiger partial charge in [0.05, 0.1) is 30.4 Å². The number of halogens is 3. The number of likely N-dealkylation sites (tertiary alicyclic amines) is 1. The van der Waals surface area contributed by atoms with Crippen molar-refractivity contribution in [1.82, 2.24) is 4.90 Å².